The molecule has 1 N–H and O–H groups in total. The van der Waals surface area contributed by atoms with Crippen molar-refractivity contribution in [2.45, 2.75) is 6.18 Å². The number of nitrogens with zero attached hydrogens (tertiary/aromatic N) is 2. The van der Waals surface area contributed by atoms with Crippen LogP contribution in [-0.2, 0) is 0 Å². The Hall–Kier alpha value is -1.43. The van der Waals surface area contributed by atoms with Crippen LogP contribution in [0.5, 0.6) is 0 Å². The predicted molar refractivity (Wildman–Crippen MR) is 70.8 cm³/mol. The molecule has 1 heterocycles. The summed E-state index contributed by atoms with van der Waals surface area (Å²) in [7, 11) is 2.03. The van der Waals surface area contributed by atoms with Gasteiger partial charge in [-0.2, -0.15) is 13.2 Å². The second-order valence-corrected chi connectivity index (χ2v) is 4.69. The molecule has 0 bridgehead atoms. The molecule has 0 unspecified atom stereocenters. The minimum absolute atomic E-state index is 0.331. The Bertz CT molecular complexity index is 420. The van der Waals surface area contributed by atoms with Crippen LogP contribution in [0.15, 0.2) is 24.3 Å². The van der Waals surface area contributed by atoms with Crippen molar-refractivity contribution in [2.75, 3.05) is 49.6 Å². The van der Waals surface area contributed by atoms with Crippen LogP contribution in [0, 0.1) is 0 Å². The minimum atomic E-state index is -4.14. The summed E-state index contributed by atoms with van der Waals surface area (Å²) in [4.78, 5) is 4.29. The molecule has 0 amide bonds. The molecule has 1 aliphatic heterocycles. The van der Waals surface area contributed by atoms with Gasteiger partial charge in [-0.3, -0.25) is 0 Å². The van der Waals surface area contributed by atoms with Crippen LogP contribution < -0.4 is 15.1 Å². The van der Waals surface area contributed by atoms with Crippen LogP contribution in [0.1, 0.15) is 0 Å². The van der Waals surface area contributed by atoms with Gasteiger partial charge < -0.3 is 15.1 Å². The van der Waals surface area contributed by atoms with Crippen LogP contribution in [0.25, 0.3) is 0 Å². The molecule has 3 nitrogen and oxygen atoms in total. The number of para-hydroxylation sites is 2. The first kappa shape index (κ1) is 14.0. The predicted octanol–water partition coefficient (Wildman–Crippen LogP) is 2.09. The maximum absolute atomic E-state index is 12.0. The quantitative estimate of drug-likeness (QED) is 0.848. The molecule has 0 aliphatic carbocycles. The summed E-state index contributed by atoms with van der Waals surface area (Å²) in [6.07, 6.45) is -4.14. The number of nitrogens with one attached hydrogen (secondary N) is 1. The van der Waals surface area contributed by atoms with Gasteiger partial charge in [-0.15, -0.1) is 0 Å². The highest BCUT2D eigenvalue weighted by Gasteiger charge is 2.26. The molecule has 0 atom stereocenters. The zero-order chi connectivity index (χ0) is 13.9. The first-order valence-electron chi connectivity index (χ1n) is 6.30. The normalized spacial score (nSPS) is 15.6. The smallest absolute Gasteiger partial charge is 0.371 e. The fourth-order valence-corrected chi connectivity index (χ4v) is 2.24. The third-order valence-corrected chi connectivity index (χ3v) is 3.22. The monoisotopic (exact) mass is 273 g/mol. The van der Waals surface area contributed by atoms with E-state index in [1.54, 1.807) is 0 Å². The highest BCUT2D eigenvalue weighted by Crippen LogP contribution is 2.31. The summed E-state index contributed by atoms with van der Waals surface area (Å²) in [5.74, 6) is 0. The van der Waals surface area contributed by atoms with Gasteiger partial charge in [-0.1, -0.05) is 12.1 Å². The topological polar surface area (TPSA) is 18.5 Å². The number of hydrogen-bond acceptors (Lipinski definition) is 3. The first-order chi connectivity index (χ1) is 8.97. The van der Waals surface area contributed by atoms with E-state index in [9.17, 15) is 13.2 Å². The van der Waals surface area contributed by atoms with Crippen LogP contribution in [0.4, 0.5) is 24.5 Å². The van der Waals surface area contributed by atoms with E-state index < -0.39 is 12.7 Å². The van der Waals surface area contributed by atoms with Crippen molar-refractivity contribution >= 4 is 11.4 Å². The molecular weight excluding hydrogens is 255 g/mol. The summed E-state index contributed by atoms with van der Waals surface area (Å²) in [6, 6.07) is 7.97. The van der Waals surface area contributed by atoms with Gasteiger partial charge >= 0.3 is 6.18 Å². The Kier molecular flexibility index (Phi) is 4.19. The highest BCUT2D eigenvalue weighted by atomic mass is 19.4. The van der Waals surface area contributed by atoms with Gasteiger partial charge in [0.05, 0.1) is 17.9 Å². The Labute approximate surface area is 111 Å². The molecule has 1 aliphatic rings. The summed E-state index contributed by atoms with van der Waals surface area (Å²) >= 11 is 0. The van der Waals surface area contributed by atoms with Crippen molar-refractivity contribution < 1.29 is 13.2 Å². The molecule has 2 rings (SSSR count). The number of benzene rings is 1. The van der Waals surface area contributed by atoms with E-state index in [0.717, 1.165) is 24.5 Å². The SMILES string of the molecule is CN1CCN(CCNCC(F)(F)F)c2ccccc21. The molecule has 1 aromatic carbocycles. The van der Waals surface area contributed by atoms with E-state index >= 15 is 0 Å². The fourth-order valence-electron chi connectivity index (χ4n) is 2.24. The second-order valence-electron chi connectivity index (χ2n) is 4.69. The minimum Gasteiger partial charge on any atom is -0.371 e. The maximum Gasteiger partial charge on any atom is 0.401 e. The van der Waals surface area contributed by atoms with E-state index in [-0.39, 0.29) is 0 Å². The first-order valence-corrected chi connectivity index (χ1v) is 6.30. The fraction of sp³-hybridized carbons (Fsp3) is 0.538. The van der Waals surface area contributed by atoms with Crippen molar-refractivity contribution in [3.63, 3.8) is 0 Å². The Morgan fingerprint density at radius 2 is 1.84 bits per heavy atom. The molecule has 106 valence electrons. The number of hydrogen-bond donors (Lipinski definition) is 1. The van der Waals surface area contributed by atoms with E-state index in [4.69, 9.17) is 0 Å². The van der Waals surface area contributed by atoms with Crippen molar-refractivity contribution in [2.24, 2.45) is 0 Å². The highest BCUT2D eigenvalue weighted by molar-refractivity contribution is 5.73. The lowest BCUT2D eigenvalue weighted by molar-refractivity contribution is -0.124. The van der Waals surface area contributed by atoms with Crippen LogP contribution in [0.2, 0.25) is 0 Å². The lowest BCUT2D eigenvalue weighted by atomic mass is 10.2. The van der Waals surface area contributed by atoms with Gasteiger partial charge in [0.15, 0.2) is 0 Å². The van der Waals surface area contributed by atoms with Crippen LogP contribution in [0.3, 0.4) is 0 Å². The molecule has 6 heteroatoms. The van der Waals surface area contributed by atoms with Crippen molar-refractivity contribution in [3.8, 4) is 0 Å². The van der Waals surface area contributed by atoms with Gasteiger partial charge in [-0.05, 0) is 12.1 Å². The lowest BCUT2D eigenvalue weighted by Crippen LogP contribution is -2.43. The molecule has 0 saturated carbocycles. The van der Waals surface area contributed by atoms with Gasteiger partial charge in [0.2, 0.25) is 0 Å². The second kappa shape index (κ2) is 5.69. The Balaban J connectivity index is 1.90. The number of fused-ring (bicyclic) bond motifs is 1. The zero-order valence-electron chi connectivity index (χ0n) is 10.9. The standard InChI is InChI=1S/C13H18F3N3/c1-18-8-9-19(7-6-17-10-13(14,15)16)12-5-3-2-4-11(12)18/h2-5,17H,6-10H2,1H3. The van der Waals surface area contributed by atoms with Crippen LogP contribution in [-0.4, -0.2) is 45.9 Å². The van der Waals surface area contributed by atoms with Crippen molar-refractivity contribution in [3.05, 3.63) is 24.3 Å². The third-order valence-electron chi connectivity index (χ3n) is 3.22. The molecule has 0 saturated heterocycles. The van der Waals surface area contributed by atoms with Gasteiger partial charge in [-0.25, -0.2) is 0 Å². The Morgan fingerprint density at radius 1 is 1.16 bits per heavy atom. The average Bonchev–Trinajstić information content (AvgIpc) is 2.36. The lowest BCUT2D eigenvalue weighted by Gasteiger charge is -2.37. The summed E-state index contributed by atoms with van der Waals surface area (Å²) in [6.45, 7) is 1.71. The van der Waals surface area contributed by atoms with E-state index in [2.05, 4.69) is 15.1 Å². The van der Waals surface area contributed by atoms with E-state index in [1.165, 1.54) is 0 Å². The molecule has 0 spiro atoms. The third kappa shape index (κ3) is 3.76. The number of likely N-dealkylation sites (N-methyl/N-ethyl adjacent to an activating group) is 1. The molecule has 1 aromatic rings. The molecule has 0 aromatic heterocycles. The van der Waals surface area contributed by atoms with Crippen LogP contribution >= 0.6 is 0 Å². The van der Waals surface area contributed by atoms with Crippen molar-refractivity contribution in [1.29, 1.82) is 0 Å². The molecule has 19 heavy (non-hydrogen) atoms. The van der Waals surface area contributed by atoms with Gasteiger partial charge in [0.1, 0.15) is 0 Å². The largest absolute Gasteiger partial charge is 0.401 e. The summed E-state index contributed by atoms with van der Waals surface area (Å²) < 4.78 is 36.1. The number of anilines is 2. The number of rotatable bonds is 4. The number of alkyl halides is 3. The zero-order valence-corrected chi connectivity index (χ0v) is 10.9. The maximum atomic E-state index is 12.0. The Morgan fingerprint density at radius 3 is 2.53 bits per heavy atom. The molecular formula is C13H18F3N3. The van der Waals surface area contributed by atoms with Gasteiger partial charge in [0, 0.05) is 33.2 Å². The van der Waals surface area contributed by atoms with Crippen molar-refractivity contribution in [1.82, 2.24) is 5.32 Å². The summed E-state index contributed by atoms with van der Waals surface area (Å²) in [5.41, 5.74) is 2.22. The average molecular weight is 273 g/mol. The molecule has 0 radical (unpaired) electrons. The summed E-state index contributed by atoms with van der Waals surface area (Å²) in [5, 5.41) is 2.43. The van der Waals surface area contributed by atoms with E-state index in [1.807, 2.05) is 31.3 Å². The number of halogens is 3. The van der Waals surface area contributed by atoms with E-state index in [0.29, 0.717) is 13.1 Å². The van der Waals surface area contributed by atoms with Gasteiger partial charge in [0.25, 0.3) is 0 Å². The molecule has 0 fully saturated rings.